The first-order valence-electron chi connectivity index (χ1n) is 7.78. The summed E-state index contributed by atoms with van der Waals surface area (Å²) in [6, 6.07) is 0. The molecule has 1 saturated carbocycles. The molecule has 1 fully saturated rings. The van der Waals surface area contributed by atoms with Crippen LogP contribution in [0.15, 0.2) is 16.9 Å². The summed E-state index contributed by atoms with van der Waals surface area (Å²) >= 11 is 0. The van der Waals surface area contributed by atoms with Gasteiger partial charge in [0.1, 0.15) is 17.1 Å². The highest BCUT2D eigenvalue weighted by Gasteiger charge is 2.33. The zero-order valence-electron chi connectivity index (χ0n) is 13.3. The lowest BCUT2D eigenvalue weighted by molar-refractivity contribution is 0.0944. The first-order chi connectivity index (χ1) is 10.6. The van der Waals surface area contributed by atoms with Crippen LogP contribution < -0.4 is 5.32 Å². The largest absolute Gasteiger partial charge is 0.361 e. The van der Waals surface area contributed by atoms with Crippen LogP contribution in [0.4, 0.5) is 0 Å². The predicted molar refractivity (Wildman–Crippen MR) is 81.7 cm³/mol. The average Bonchev–Trinajstić information content (AvgIpc) is 3.15. The maximum Gasteiger partial charge on any atom is 0.256 e. The van der Waals surface area contributed by atoms with Gasteiger partial charge in [-0.15, -0.1) is 0 Å². The van der Waals surface area contributed by atoms with Gasteiger partial charge in [-0.2, -0.15) is 0 Å². The molecule has 0 bridgehead atoms. The van der Waals surface area contributed by atoms with Crippen molar-refractivity contribution in [3.63, 3.8) is 0 Å². The second-order valence-electron chi connectivity index (χ2n) is 6.22. The molecule has 0 aliphatic heterocycles. The van der Waals surface area contributed by atoms with E-state index < -0.39 is 0 Å². The van der Waals surface area contributed by atoms with Crippen LogP contribution >= 0.6 is 0 Å². The van der Waals surface area contributed by atoms with E-state index in [1.807, 2.05) is 13.1 Å². The Balaban J connectivity index is 1.58. The Morgan fingerprint density at radius 2 is 2.27 bits per heavy atom. The molecule has 0 aromatic carbocycles. The summed E-state index contributed by atoms with van der Waals surface area (Å²) < 4.78 is 7.30. The smallest absolute Gasteiger partial charge is 0.256 e. The van der Waals surface area contributed by atoms with E-state index in [-0.39, 0.29) is 5.91 Å². The summed E-state index contributed by atoms with van der Waals surface area (Å²) in [5.41, 5.74) is 1.46. The number of amides is 1. The van der Waals surface area contributed by atoms with E-state index in [2.05, 4.69) is 26.9 Å². The number of aryl methyl sites for hydroxylation is 2. The highest BCUT2D eigenvalue weighted by atomic mass is 16.5. The number of hydrogen-bond donors (Lipinski definition) is 1. The van der Waals surface area contributed by atoms with Crippen molar-refractivity contribution < 1.29 is 9.32 Å². The summed E-state index contributed by atoms with van der Waals surface area (Å²) in [6.45, 7) is 7.34. The number of hydrogen-bond acceptors (Lipinski definition) is 4. The van der Waals surface area contributed by atoms with Gasteiger partial charge < -0.3 is 14.4 Å². The van der Waals surface area contributed by atoms with Gasteiger partial charge in [-0.1, -0.05) is 12.1 Å². The molecule has 3 rings (SSSR count). The topological polar surface area (TPSA) is 73.0 Å². The Kier molecular flexibility index (Phi) is 4.00. The van der Waals surface area contributed by atoms with Gasteiger partial charge in [0, 0.05) is 31.4 Å². The zero-order chi connectivity index (χ0) is 15.7. The van der Waals surface area contributed by atoms with Crippen LogP contribution in [0, 0.1) is 19.8 Å². The molecule has 0 saturated heterocycles. The highest BCUT2D eigenvalue weighted by molar-refractivity contribution is 5.96. The molecule has 1 atom stereocenters. The summed E-state index contributed by atoms with van der Waals surface area (Å²) in [5.74, 6) is 2.25. The fourth-order valence-corrected chi connectivity index (χ4v) is 2.65. The molecule has 1 unspecified atom stereocenters. The standard InChI is InChI=1S/C16H22N4O2/c1-10(9-20-7-6-17-12(20)3)8-18-16(21)14-11(2)22-19-15(14)13-4-5-13/h6-7,10,13H,4-5,8-9H2,1-3H3,(H,18,21). The third kappa shape index (κ3) is 3.05. The minimum atomic E-state index is -0.0742. The van der Waals surface area contributed by atoms with Crippen LogP contribution in [-0.4, -0.2) is 27.2 Å². The first-order valence-corrected chi connectivity index (χ1v) is 7.78. The fourth-order valence-electron chi connectivity index (χ4n) is 2.65. The van der Waals surface area contributed by atoms with Crippen molar-refractivity contribution >= 4 is 5.91 Å². The van der Waals surface area contributed by atoms with Gasteiger partial charge in [0.2, 0.25) is 0 Å². The normalized spacial score (nSPS) is 15.8. The fraction of sp³-hybridized carbons (Fsp3) is 0.562. The lowest BCUT2D eigenvalue weighted by Crippen LogP contribution is -2.30. The molecule has 1 aliphatic carbocycles. The minimum Gasteiger partial charge on any atom is -0.361 e. The van der Waals surface area contributed by atoms with Crippen molar-refractivity contribution in [3.05, 3.63) is 35.2 Å². The number of aromatic nitrogens is 3. The first kappa shape index (κ1) is 14.8. The number of nitrogens with one attached hydrogen (secondary N) is 1. The predicted octanol–water partition coefficient (Wildman–Crippen LogP) is 2.43. The molecular formula is C16H22N4O2. The van der Waals surface area contributed by atoms with E-state index in [1.165, 1.54) is 0 Å². The molecular weight excluding hydrogens is 280 g/mol. The van der Waals surface area contributed by atoms with Gasteiger partial charge in [-0.05, 0) is 32.6 Å². The van der Waals surface area contributed by atoms with Crippen LogP contribution in [0.2, 0.25) is 0 Å². The number of nitrogens with zero attached hydrogens (tertiary/aromatic N) is 3. The van der Waals surface area contributed by atoms with Gasteiger partial charge >= 0.3 is 0 Å². The molecule has 0 radical (unpaired) electrons. The van der Waals surface area contributed by atoms with E-state index in [0.29, 0.717) is 29.7 Å². The zero-order valence-corrected chi connectivity index (χ0v) is 13.3. The van der Waals surface area contributed by atoms with Crippen LogP contribution in [0.25, 0.3) is 0 Å². The summed E-state index contributed by atoms with van der Waals surface area (Å²) in [6.07, 6.45) is 5.96. The molecule has 0 spiro atoms. The summed E-state index contributed by atoms with van der Waals surface area (Å²) in [4.78, 5) is 16.6. The molecule has 118 valence electrons. The van der Waals surface area contributed by atoms with E-state index in [0.717, 1.165) is 30.9 Å². The maximum absolute atomic E-state index is 12.4. The van der Waals surface area contributed by atoms with Crippen molar-refractivity contribution in [1.29, 1.82) is 0 Å². The van der Waals surface area contributed by atoms with Gasteiger partial charge in [0.15, 0.2) is 0 Å². The second-order valence-corrected chi connectivity index (χ2v) is 6.22. The number of rotatable bonds is 6. The molecule has 2 aromatic rings. The van der Waals surface area contributed by atoms with Crippen molar-refractivity contribution in [2.45, 2.75) is 46.1 Å². The van der Waals surface area contributed by atoms with Crippen LogP contribution in [0.3, 0.4) is 0 Å². The second kappa shape index (κ2) is 5.94. The van der Waals surface area contributed by atoms with E-state index >= 15 is 0 Å². The Labute approximate surface area is 129 Å². The summed E-state index contributed by atoms with van der Waals surface area (Å²) in [7, 11) is 0. The molecule has 6 nitrogen and oxygen atoms in total. The lowest BCUT2D eigenvalue weighted by atomic mass is 10.1. The summed E-state index contributed by atoms with van der Waals surface area (Å²) in [5, 5.41) is 7.06. The van der Waals surface area contributed by atoms with Gasteiger partial charge in [0.25, 0.3) is 5.91 Å². The molecule has 2 aromatic heterocycles. The van der Waals surface area contributed by atoms with Gasteiger partial charge in [0.05, 0.1) is 5.69 Å². The number of carbonyl (C=O) groups excluding carboxylic acids is 1. The molecule has 2 heterocycles. The maximum atomic E-state index is 12.4. The molecule has 1 N–H and O–H groups in total. The van der Waals surface area contributed by atoms with Crippen molar-refractivity contribution in [1.82, 2.24) is 20.0 Å². The third-order valence-corrected chi connectivity index (χ3v) is 4.12. The molecule has 6 heteroatoms. The number of carbonyl (C=O) groups is 1. The quantitative estimate of drug-likeness (QED) is 0.889. The van der Waals surface area contributed by atoms with Crippen molar-refractivity contribution in [3.8, 4) is 0 Å². The van der Waals surface area contributed by atoms with Crippen molar-refractivity contribution in [2.24, 2.45) is 5.92 Å². The van der Waals surface area contributed by atoms with Crippen LogP contribution in [0.5, 0.6) is 0 Å². The highest BCUT2D eigenvalue weighted by Crippen LogP contribution is 2.41. The lowest BCUT2D eigenvalue weighted by Gasteiger charge is -2.14. The van der Waals surface area contributed by atoms with Crippen LogP contribution in [0.1, 0.15) is 53.3 Å². The third-order valence-electron chi connectivity index (χ3n) is 4.12. The number of imidazole rings is 1. The Morgan fingerprint density at radius 3 is 2.91 bits per heavy atom. The minimum absolute atomic E-state index is 0.0742. The van der Waals surface area contributed by atoms with E-state index in [9.17, 15) is 4.79 Å². The SMILES string of the molecule is Cc1onc(C2CC2)c1C(=O)NCC(C)Cn1ccnc1C. The Morgan fingerprint density at radius 1 is 1.50 bits per heavy atom. The Hall–Kier alpha value is -2.11. The molecule has 1 amide bonds. The average molecular weight is 302 g/mol. The van der Waals surface area contributed by atoms with E-state index in [1.54, 1.807) is 13.1 Å². The van der Waals surface area contributed by atoms with Gasteiger partial charge in [-0.3, -0.25) is 4.79 Å². The monoisotopic (exact) mass is 302 g/mol. The van der Waals surface area contributed by atoms with Crippen molar-refractivity contribution in [2.75, 3.05) is 6.54 Å². The Bertz CT molecular complexity index is 669. The van der Waals surface area contributed by atoms with Crippen LogP contribution in [-0.2, 0) is 6.54 Å². The molecule has 1 aliphatic rings. The van der Waals surface area contributed by atoms with E-state index in [4.69, 9.17) is 4.52 Å². The molecule has 22 heavy (non-hydrogen) atoms. The van der Waals surface area contributed by atoms with Gasteiger partial charge in [-0.25, -0.2) is 4.98 Å².